The van der Waals surface area contributed by atoms with E-state index in [4.69, 9.17) is 0 Å². The van der Waals surface area contributed by atoms with E-state index in [2.05, 4.69) is 5.32 Å². The fourth-order valence-electron chi connectivity index (χ4n) is 4.16. The van der Waals surface area contributed by atoms with Crippen molar-refractivity contribution >= 4 is 27.5 Å². The first-order valence-electron chi connectivity index (χ1n) is 9.92. The van der Waals surface area contributed by atoms with Crippen molar-refractivity contribution in [1.29, 1.82) is 0 Å². The second-order valence-corrected chi connectivity index (χ2v) is 9.74. The van der Waals surface area contributed by atoms with Gasteiger partial charge in [0.1, 0.15) is 6.04 Å². The Labute approximate surface area is 167 Å². The first kappa shape index (κ1) is 20.8. The summed E-state index contributed by atoms with van der Waals surface area (Å²) in [6.07, 6.45) is 7.99. The lowest BCUT2D eigenvalue weighted by atomic mass is 9.94. The maximum Gasteiger partial charge on any atom is 0.253 e. The summed E-state index contributed by atoms with van der Waals surface area (Å²) in [5.74, 6) is -0.342. The summed E-state index contributed by atoms with van der Waals surface area (Å²) < 4.78 is 24.9. The van der Waals surface area contributed by atoms with Crippen LogP contribution in [0, 0.1) is 0 Å². The standard InChI is InChI=1S/C20H29N3O4S/c1-22(17-7-4-3-5-8-17)20(25)15-10-12-16(13-11-15)21-19(24)18-9-6-14-23(18)28(2,26)27/h10-13,17-18H,3-9,14H2,1-2H3,(H,21,24). The predicted octanol–water partition coefficient (Wildman–Crippen LogP) is 2.45. The van der Waals surface area contributed by atoms with Gasteiger partial charge >= 0.3 is 0 Å². The van der Waals surface area contributed by atoms with Gasteiger partial charge in [-0.3, -0.25) is 9.59 Å². The Bertz CT molecular complexity index is 816. The molecule has 1 heterocycles. The molecule has 1 aliphatic heterocycles. The van der Waals surface area contributed by atoms with E-state index in [-0.39, 0.29) is 11.8 Å². The van der Waals surface area contributed by atoms with Gasteiger partial charge < -0.3 is 10.2 Å². The zero-order chi connectivity index (χ0) is 20.3. The largest absolute Gasteiger partial charge is 0.339 e. The molecule has 154 valence electrons. The zero-order valence-electron chi connectivity index (χ0n) is 16.6. The number of rotatable bonds is 5. The number of nitrogens with zero attached hydrogens (tertiary/aromatic N) is 2. The van der Waals surface area contributed by atoms with E-state index in [1.165, 1.54) is 23.6 Å². The first-order chi connectivity index (χ1) is 13.3. The highest BCUT2D eigenvalue weighted by molar-refractivity contribution is 7.88. The quantitative estimate of drug-likeness (QED) is 0.812. The minimum absolute atomic E-state index is 0.0104. The summed E-state index contributed by atoms with van der Waals surface area (Å²) in [6.45, 7) is 0.373. The number of carbonyl (C=O) groups is 2. The third-order valence-corrected chi connectivity index (χ3v) is 7.06. The molecule has 28 heavy (non-hydrogen) atoms. The Morgan fingerprint density at radius 3 is 2.29 bits per heavy atom. The summed E-state index contributed by atoms with van der Waals surface area (Å²) in [6, 6.07) is 6.43. The number of nitrogens with one attached hydrogen (secondary N) is 1. The topological polar surface area (TPSA) is 86.8 Å². The summed E-state index contributed by atoms with van der Waals surface area (Å²) in [7, 11) is -1.55. The molecule has 1 unspecified atom stereocenters. The highest BCUT2D eigenvalue weighted by Gasteiger charge is 2.36. The van der Waals surface area contributed by atoms with Crippen molar-refractivity contribution < 1.29 is 18.0 Å². The lowest BCUT2D eigenvalue weighted by Gasteiger charge is -2.31. The minimum Gasteiger partial charge on any atom is -0.339 e. The fraction of sp³-hybridized carbons (Fsp3) is 0.600. The molecule has 1 aromatic carbocycles. The zero-order valence-corrected chi connectivity index (χ0v) is 17.4. The van der Waals surface area contributed by atoms with Gasteiger partial charge in [0, 0.05) is 30.9 Å². The molecular weight excluding hydrogens is 378 g/mol. The molecule has 2 aliphatic rings. The fourth-order valence-corrected chi connectivity index (χ4v) is 5.28. The number of hydrogen-bond donors (Lipinski definition) is 1. The molecule has 2 fully saturated rings. The Hall–Kier alpha value is -1.93. The van der Waals surface area contributed by atoms with Crippen molar-refractivity contribution in [2.75, 3.05) is 25.2 Å². The van der Waals surface area contributed by atoms with E-state index < -0.39 is 16.1 Å². The van der Waals surface area contributed by atoms with Gasteiger partial charge in [-0.15, -0.1) is 0 Å². The van der Waals surface area contributed by atoms with Crippen LogP contribution in [-0.2, 0) is 14.8 Å². The molecule has 1 saturated heterocycles. The van der Waals surface area contributed by atoms with Crippen LogP contribution in [0.3, 0.4) is 0 Å². The molecule has 1 atom stereocenters. The summed E-state index contributed by atoms with van der Waals surface area (Å²) in [4.78, 5) is 27.0. The van der Waals surface area contributed by atoms with E-state index in [1.807, 2.05) is 11.9 Å². The van der Waals surface area contributed by atoms with Crippen LogP contribution in [-0.4, -0.2) is 61.4 Å². The van der Waals surface area contributed by atoms with Gasteiger partial charge in [-0.2, -0.15) is 4.31 Å². The minimum atomic E-state index is -3.40. The van der Waals surface area contributed by atoms with Gasteiger partial charge in [-0.25, -0.2) is 8.42 Å². The molecule has 3 rings (SSSR count). The normalized spacial score (nSPS) is 21.4. The van der Waals surface area contributed by atoms with Crippen molar-refractivity contribution in [2.45, 2.75) is 57.0 Å². The van der Waals surface area contributed by atoms with Gasteiger partial charge in [0.2, 0.25) is 15.9 Å². The smallest absolute Gasteiger partial charge is 0.253 e. The molecule has 1 saturated carbocycles. The number of benzene rings is 1. The molecule has 0 radical (unpaired) electrons. The molecule has 7 nitrogen and oxygen atoms in total. The van der Waals surface area contributed by atoms with Gasteiger partial charge in [0.15, 0.2) is 0 Å². The lowest BCUT2D eigenvalue weighted by Crippen LogP contribution is -2.42. The Kier molecular flexibility index (Phi) is 6.40. The van der Waals surface area contributed by atoms with E-state index in [9.17, 15) is 18.0 Å². The van der Waals surface area contributed by atoms with Crippen LogP contribution in [0.1, 0.15) is 55.3 Å². The van der Waals surface area contributed by atoms with E-state index in [0.717, 1.165) is 19.1 Å². The highest BCUT2D eigenvalue weighted by Crippen LogP contribution is 2.24. The average Bonchev–Trinajstić information content (AvgIpc) is 3.19. The van der Waals surface area contributed by atoms with Crippen LogP contribution < -0.4 is 5.32 Å². The summed E-state index contributed by atoms with van der Waals surface area (Å²) in [5, 5.41) is 2.77. The maximum absolute atomic E-state index is 12.7. The summed E-state index contributed by atoms with van der Waals surface area (Å²) >= 11 is 0. The molecule has 1 aliphatic carbocycles. The first-order valence-corrected chi connectivity index (χ1v) is 11.8. The van der Waals surface area contributed by atoms with Crippen LogP contribution in [0.15, 0.2) is 24.3 Å². The van der Waals surface area contributed by atoms with Crippen LogP contribution in [0.4, 0.5) is 5.69 Å². The van der Waals surface area contributed by atoms with Gasteiger partial charge in [0.05, 0.1) is 6.26 Å². The monoisotopic (exact) mass is 407 g/mol. The van der Waals surface area contributed by atoms with Crippen molar-refractivity contribution in [3.8, 4) is 0 Å². The Morgan fingerprint density at radius 1 is 1.04 bits per heavy atom. The maximum atomic E-state index is 12.7. The number of anilines is 1. The van der Waals surface area contributed by atoms with Crippen molar-refractivity contribution in [3.05, 3.63) is 29.8 Å². The molecule has 0 spiro atoms. The average molecular weight is 408 g/mol. The second kappa shape index (κ2) is 8.61. The molecule has 0 bridgehead atoms. The molecular formula is C20H29N3O4S. The molecule has 2 amide bonds. The van der Waals surface area contributed by atoms with Crippen molar-refractivity contribution in [2.24, 2.45) is 0 Å². The SMILES string of the molecule is CN(C(=O)c1ccc(NC(=O)C2CCCN2S(C)(=O)=O)cc1)C1CCCCC1. The molecule has 1 aromatic rings. The van der Waals surface area contributed by atoms with E-state index >= 15 is 0 Å². The number of sulfonamides is 1. The van der Waals surface area contributed by atoms with Crippen LogP contribution >= 0.6 is 0 Å². The molecule has 1 N–H and O–H groups in total. The number of amides is 2. The van der Waals surface area contributed by atoms with Crippen molar-refractivity contribution in [1.82, 2.24) is 9.21 Å². The molecule has 8 heteroatoms. The van der Waals surface area contributed by atoms with Crippen LogP contribution in [0.2, 0.25) is 0 Å². The number of carbonyl (C=O) groups excluding carboxylic acids is 2. The van der Waals surface area contributed by atoms with Crippen LogP contribution in [0.25, 0.3) is 0 Å². The summed E-state index contributed by atoms with van der Waals surface area (Å²) in [5.41, 5.74) is 1.15. The van der Waals surface area contributed by atoms with E-state index in [1.54, 1.807) is 24.3 Å². The van der Waals surface area contributed by atoms with Gasteiger partial charge in [-0.1, -0.05) is 19.3 Å². The molecule has 0 aromatic heterocycles. The second-order valence-electron chi connectivity index (χ2n) is 7.81. The lowest BCUT2D eigenvalue weighted by molar-refractivity contribution is -0.119. The number of hydrogen-bond acceptors (Lipinski definition) is 4. The Morgan fingerprint density at radius 2 is 1.68 bits per heavy atom. The van der Waals surface area contributed by atoms with E-state index in [0.29, 0.717) is 36.7 Å². The van der Waals surface area contributed by atoms with Crippen LogP contribution in [0.5, 0.6) is 0 Å². The highest BCUT2D eigenvalue weighted by atomic mass is 32.2. The third kappa shape index (κ3) is 4.72. The predicted molar refractivity (Wildman–Crippen MR) is 109 cm³/mol. The third-order valence-electron chi connectivity index (χ3n) is 5.77. The van der Waals surface area contributed by atoms with Gasteiger partial charge in [0.25, 0.3) is 5.91 Å². The van der Waals surface area contributed by atoms with Gasteiger partial charge in [-0.05, 0) is 49.9 Å². The van der Waals surface area contributed by atoms with Crippen molar-refractivity contribution in [3.63, 3.8) is 0 Å². The Balaban J connectivity index is 1.62.